The van der Waals surface area contributed by atoms with Crippen molar-refractivity contribution in [2.24, 2.45) is 0 Å². The lowest BCUT2D eigenvalue weighted by Crippen LogP contribution is -2.23. The highest BCUT2D eigenvalue weighted by atomic mass is 16.5. The van der Waals surface area contributed by atoms with Gasteiger partial charge in [0.1, 0.15) is 5.69 Å². The molecule has 8 heteroatoms. The largest absolute Gasteiger partial charge is 0.480 e. The number of nitrogens with zero attached hydrogens (tertiary/aromatic N) is 4. The fourth-order valence-electron chi connectivity index (χ4n) is 2.73. The van der Waals surface area contributed by atoms with Crippen molar-refractivity contribution in [2.45, 2.75) is 19.4 Å². The van der Waals surface area contributed by atoms with Crippen molar-refractivity contribution in [3.8, 4) is 5.88 Å². The Hall–Kier alpha value is -3.55. The highest BCUT2D eigenvalue weighted by Crippen LogP contribution is 2.19. The van der Waals surface area contributed by atoms with E-state index in [0.29, 0.717) is 35.1 Å². The molecule has 1 amide bonds. The van der Waals surface area contributed by atoms with E-state index in [0.717, 1.165) is 11.0 Å². The van der Waals surface area contributed by atoms with Crippen LogP contribution in [0.25, 0.3) is 22.3 Å². The lowest BCUT2D eigenvalue weighted by atomic mass is 10.2. The van der Waals surface area contributed by atoms with Gasteiger partial charge in [-0.1, -0.05) is 12.1 Å². The monoisotopic (exact) mass is 363 g/mol. The number of oxazole rings is 1. The Balaban J connectivity index is 1.39. The maximum absolute atomic E-state index is 12.2. The molecule has 0 fully saturated rings. The van der Waals surface area contributed by atoms with E-state index in [4.69, 9.17) is 9.15 Å². The molecule has 3 aromatic heterocycles. The average molecular weight is 363 g/mol. The van der Waals surface area contributed by atoms with Crippen molar-refractivity contribution < 1.29 is 13.9 Å². The highest BCUT2D eigenvalue weighted by molar-refractivity contribution is 5.77. The summed E-state index contributed by atoms with van der Waals surface area (Å²) < 4.78 is 10.8. The molecule has 1 aromatic carbocycles. The van der Waals surface area contributed by atoms with Crippen molar-refractivity contribution in [1.82, 2.24) is 25.3 Å². The fourth-order valence-corrected chi connectivity index (χ4v) is 2.73. The number of aryl methyl sites for hydroxylation is 1. The number of methoxy groups -OCH3 is 1. The predicted octanol–water partition coefficient (Wildman–Crippen LogP) is 2.42. The molecule has 0 saturated heterocycles. The third-order valence-corrected chi connectivity index (χ3v) is 4.03. The van der Waals surface area contributed by atoms with Crippen LogP contribution in [-0.4, -0.2) is 33.0 Å². The van der Waals surface area contributed by atoms with Crippen LogP contribution in [0.1, 0.15) is 18.0 Å². The Kier molecular flexibility index (Phi) is 4.61. The third-order valence-electron chi connectivity index (χ3n) is 4.03. The molecule has 136 valence electrons. The maximum Gasteiger partial charge on any atom is 0.235 e. The lowest BCUT2D eigenvalue weighted by molar-refractivity contribution is -0.121. The molecule has 0 unspecified atom stereocenters. The van der Waals surface area contributed by atoms with Gasteiger partial charge in [0.2, 0.25) is 17.7 Å². The number of fused-ring (bicyclic) bond motifs is 2. The number of pyridine rings is 1. The first-order valence-corrected chi connectivity index (χ1v) is 8.50. The molecule has 4 rings (SSSR count). The van der Waals surface area contributed by atoms with Gasteiger partial charge in [-0.2, -0.15) is 4.98 Å². The summed E-state index contributed by atoms with van der Waals surface area (Å²) in [7, 11) is 1.55. The molecule has 3 heterocycles. The van der Waals surface area contributed by atoms with Crippen LogP contribution in [0.4, 0.5) is 0 Å². The number of carbonyl (C=O) groups is 1. The van der Waals surface area contributed by atoms with Gasteiger partial charge in [-0.15, -0.1) is 0 Å². The quantitative estimate of drug-likeness (QED) is 0.561. The minimum atomic E-state index is -0.137. The number of hydrogen-bond acceptors (Lipinski definition) is 7. The van der Waals surface area contributed by atoms with E-state index >= 15 is 0 Å². The first kappa shape index (κ1) is 16.9. The van der Waals surface area contributed by atoms with Crippen LogP contribution in [0.2, 0.25) is 0 Å². The number of ether oxygens (including phenoxy) is 1. The zero-order valence-electron chi connectivity index (χ0n) is 14.7. The number of rotatable bonds is 6. The van der Waals surface area contributed by atoms with E-state index in [-0.39, 0.29) is 18.9 Å². The van der Waals surface area contributed by atoms with E-state index in [2.05, 4.69) is 25.3 Å². The second-order valence-corrected chi connectivity index (χ2v) is 5.88. The van der Waals surface area contributed by atoms with Gasteiger partial charge in [0, 0.05) is 19.0 Å². The molecule has 0 bridgehead atoms. The van der Waals surface area contributed by atoms with Gasteiger partial charge >= 0.3 is 0 Å². The Labute approximate surface area is 154 Å². The van der Waals surface area contributed by atoms with Crippen molar-refractivity contribution in [2.75, 3.05) is 7.11 Å². The van der Waals surface area contributed by atoms with Gasteiger partial charge in [0.05, 0.1) is 24.7 Å². The Bertz CT molecular complexity index is 1080. The summed E-state index contributed by atoms with van der Waals surface area (Å²) in [5.41, 5.74) is 3.30. The standard InChI is InChI=1S/C19H17N5O3/c1-26-19-14(22-12-5-2-3-6-13(12)23-19)8-9-16(25)21-11-17-24-18-15(27-17)7-4-10-20-18/h2-7,10H,8-9,11H2,1H3,(H,21,25). The Morgan fingerprint density at radius 2 is 1.93 bits per heavy atom. The topological polar surface area (TPSA) is 103 Å². The maximum atomic E-state index is 12.2. The number of nitrogens with one attached hydrogen (secondary N) is 1. The summed E-state index contributed by atoms with van der Waals surface area (Å²) in [5, 5.41) is 2.79. The average Bonchev–Trinajstić information content (AvgIpc) is 3.13. The molecular weight excluding hydrogens is 346 g/mol. The number of para-hydroxylation sites is 2. The zero-order valence-corrected chi connectivity index (χ0v) is 14.7. The molecule has 0 aliphatic rings. The highest BCUT2D eigenvalue weighted by Gasteiger charge is 2.12. The van der Waals surface area contributed by atoms with E-state index in [1.165, 1.54) is 0 Å². The fraction of sp³-hybridized carbons (Fsp3) is 0.211. The van der Waals surface area contributed by atoms with Crippen molar-refractivity contribution >= 4 is 28.2 Å². The van der Waals surface area contributed by atoms with Crippen LogP contribution in [-0.2, 0) is 17.8 Å². The molecule has 0 saturated carbocycles. The summed E-state index contributed by atoms with van der Waals surface area (Å²) in [6, 6.07) is 11.1. The first-order valence-electron chi connectivity index (χ1n) is 8.50. The number of aromatic nitrogens is 4. The number of carbonyl (C=O) groups excluding carboxylic acids is 1. The SMILES string of the molecule is COc1nc2ccccc2nc1CCC(=O)NCc1nc2ncccc2o1. The molecule has 0 aliphatic carbocycles. The van der Waals surface area contributed by atoms with Crippen LogP contribution >= 0.6 is 0 Å². The number of amides is 1. The van der Waals surface area contributed by atoms with Gasteiger partial charge < -0.3 is 14.5 Å². The smallest absolute Gasteiger partial charge is 0.235 e. The Morgan fingerprint density at radius 1 is 1.11 bits per heavy atom. The molecule has 27 heavy (non-hydrogen) atoms. The predicted molar refractivity (Wildman–Crippen MR) is 98.1 cm³/mol. The molecule has 0 atom stereocenters. The summed E-state index contributed by atoms with van der Waals surface area (Å²) in [6.07, 6.45) is 2.31. The van der Waals surface area contributed by atoms with Crippen LogP contribution < -0.4 is 10.1 Å². The summed E-state index contributed by atoms with van der Waals surface area (Å²) in [5.74, 6) is 0.717. The third kappa shape index (κ3) is 3.69. The molecule has 0 radical (unpaired) electrons. The van der Waals surface area contributed by atoms with Crippen LogP contribution in [0, 0.1) is 0 Å². The second-order valence-electron chi connectivity index (χ2n) is 5.88. The molecule has 0 spiro atoms. The van der Waals surface area contributed by atoms with Crippen molar-refractivity contribution in [1.29, 1.82) is 0 Å². The summed E-state index contributed by atoms with van der Waals surface area (Å²) in [4.78, 5) is 29.5. The van der Waals surface area contributed by atoms with Gasteiger partial charge in [-0.3, -0.25) is 4.79 Å². The molecular formula is C19H17N5O3. The molecule has 1 N–H and O–H groups in total. The molecule has 4 aromatic rings. The van der Waals surface area contributed by atoms with Gasteiger partial charge in [0.25, 0.3) is 0 Å². The number of hydrogen-bond donors (Lipinski definition) is 1. The van der Waals surface area contributed by atoms with Gasteiger partial charge in [-0.25, -0.2) is 15.0 Å². The van der Waals surface area contributed by atoms with Crippen LogP contribution in [0.5, 0.6) is 5.88 Å². The zero-order chi connectivity index (χ0) is 18.6. The van der Waals surface area contributed by atoms with Gasteiger partial charge in [-0.05, 0) is 24.3 Å². The van der Waals surface area contributed by atoms with E-state index in [1.54, 1.807) is 25.4 Å². The van der Waals surface area contributed by atoms with Crippen LogP contribution in [0.15, 0.2) is 47.0 Å². The molecule has 8 nitrogen and oxygen atoms in total. The van der Waals surface area contributed by atoms with Crippen molar-refractivity contribution in [3.63, 3.8) is 0 Å². The van der Waals surface area contributed by atoms with Gasteiger partial charge in [0.15, 0.2) is 11.2 Å². The summed E-state index contributed by atoms with van der Waals surface area (Å²) in [6.45, 7) is 0.204. The van der Waals surface area contributed by atoms with Crippen LogP contribution in [0.3, 0.4) is 0 Å². The van der Waals surface area contributed by atoms with E-state index < -0.39 is 0 Å². The lowest BCUT2D eigenvalue weighted by Gasteiger charge is -2.08. The first-order chi connectivity index (χ1) is 13.2. The second kappa shape index (κ2) is 7.36. The van der Waals surface area contributed by atoms with E-state index in [9.17, 15) is 4.79 Å². The Morgan fingerprint density at radius 3 is 2.70 bits per heavy atom. The minimum absolute atomic E-state index is 0.137. The van der Waals surface area contributed by atoms with Crippen molar-refractivity contribution in [3.05, 3.63) is 54.2 Å². The minimum Gasteiger partial charge on any atom is -0.480 e. The summed E-state index contributed by atoms with van der Waals surface area (Å²) >= 11 is 0. The number of benzene rings is 1. The normalized spacial score (nSPS) is 11.0. The van der Waals surface area contributed by atoms with E-state index in [1.807, 2.05) is 24.3 Å². The molecule has 0 aliphatic heterocycles.